The van der Waals surface area contributed by atoms with Gasteiger partial charge in [-0.05, 0) is 57.2 Å². The van der Waals surface area contributed by atoms with Gasteiger partial charge < -0.3 is 15.0 Å². The van der Waals surface area contributed by atoms with Crippen LogP contribution in [0.4, 0.5) is 11.4 Å². The summed E-state index contributed by atoms with van der Waals surface area (Å²) < 4.78 is 5.72. The summed E-state index contributed by atoms with van der Waals surface area (Å²) in [5.41, 5.74) is 1.13. The van der Waals surface area contributed by atoms with E-state index >= 15 is 0 Å². The largest absolute Gasteiger partial charge is 0.479 e. The van der Waals surface area contributed by atoms with Crippen LogP contribution in [-0.2, 0) is 14.4 Å². The molecule has 1 aromatic rings. The molecule has 158 valence electrons. The average molecular weight is 402 g/mol. The fourth-order valence-corrected chi connectivity index (χ4v) is 3.93. The molecular weight excluding hydrogens is 370 g/mol. The molecule has 7 nitrogen and oxygen atoms in total. The Hall–Kier alpha value is -2.57. The summed E-state index contributed by atoms with van der Waals surface area (Å²) in [5.74, 6) is 0.156. The van der Waals surface area contributed by atoms with E-state index in [1.54, 1.807) is 25.1 Å². The first-order chi connectivity index (χ1) is 13.9. The minimum absolute atomic E-state index is 0.0104. The summed E-state index contributed by atoms with van der Waals surface area (Å²) in [6.07, 6.45) is 4.02. The minimum Gasteiger partial charge on any atom is -0.479 e. The van der Waals surface area contributed by atoms with Gasteiger partial charge in [0.15, 0.2) is 6.10 Å². The molecule has 2 aliphatic rings. The number of carbonyl (C=O) groups is 3. The lowest BCUT2D eigenvalue weighted by Crippen LogP contribution is -2.50. The van der Waals surface area contributed by atoms with Crippen molar-refractivity contribution in [1.82, 2.24) is 4.90 Å². The molecule has 2 heterocycles. The quantitative estimate of drug-likeness (QED) is 0.794. The second kappa shape index (κ2) is 9.29. The number of hydrogen-bond donors (Lipinski definition) is 1. The summed E-state index contributed by atoms with van der Waals surface area (Å²) in [5, 5.41) is 2.93. The lowest BCUT2D eigenvalue weighted by atomic mass is 10.0. The molecule has 1 unspecified atom stereocenters. The number of amides is 3. The average Bonchev–Trinajstić information content (AvgIpc) is 2.73. The van der Waals surface area contributed by atoms with E-state index in [1.165, 1.54) is 4.90 Å². The fourth-order valence-electron chi connectivity index (χ4n) is 3.93. The van der Waals surface area contributed by atoms with Gasteiger partial charge in [-0.1, -0.05) is 13.8 Å². The zero-order valence-corrected chi connectivity index (χ0v) is 17.6. The van der Waals surface area contributed by atoms with E-state index in [0.717, 1.165) is 45.2 Å². The fraction of sp³-hybridized carbons (Fsp3) is 0.591. The van der Waals surface area contributed by atoms with Gasteiger partial charge in [0.25, 0.3) is 5.91 Å². The van der Waals surface area contributed by atoms with Gasteiger partial charge in [0.05, 0.1) is 5.69 Å². The van der Waals surface area contributed by atoms with Crippen molar-refractivity contribution in [2.24, 2.45) is 5.92 Å². The van der Waals surface area contributed by atoms with Gasteiger partial charge in [-0.15, -0.1) is 0 Å². The maximum atomic E-state index is 12.8. The van der Waals surface area contributed by atoms with Gasteiger partial charge in [0.2, 0.25) is 11.8 Å². The van der Waals surface area contributed by atoms with Crippen LogP contribution >= 0.6 is 0 Å². The van der Waals surface area contributed by atoms with Crippen LogP contribution < -0.4 is 15.0 Å². The molecule has 2 aliphatic heterocycles. The van der Waals surface area contributed by atoms with Crippen molar-refractivity contribution < 1.29 is 19.1 Å². The zero-order chi connectivity index (χ0) is 21.0. The van der Waals surface area contributed by atoms with E-state index in [-0.39, 0.29) is 30.2 Å². The highest BCUT2D eigenvalue weighted by Crippen LogP contribution is 2.36. The number of carbonyl (C=O) groups excluding carboxylic acids is 3. The highest BCUT2D eigenvalue weighted by atomic mass is 16.5. The summed E-state index contributed by atoms with van der Waals surface area (Å²) in [6.45, 7) is 7.14. The first-order valence-electron chi connectivity index (χ1n) is 10.6. The third kappa shape index (κ3) is 4.71. The number of anilines is 2. The van der Waals surface area contributed by atoms with E-state index in [1.807, 2.05) is 18.7 Å². The van der Waals surface area contributed by atoms with E-state index in [9.17, 15) is 14.4 Å². The molecule has 1 fully saturated rings. The van der Waals surface area contributed by atoms with Crippen LogP contribution in [0, 0.1) is 5.92 Å². The third-order valence-electron chi connectivity index (χ3n) is 5.79. The number of ether oxygens (including phenoxy) is 1. The van der Waals surface area contributed by atoms with E-state index in [4.69, 9.17) is 4.74 Å². The first kappa shape index (κ1) is 21.1. The molecule has 0 spiro atoms. The molecule has 0 aromatic heterocycles. The molecular formula is C22H31N3O4. The second-order valence-corrected chi connectivity index (χ2v) is 7.81. The van der Waals surface area contributed by atoms with E-state index < -0.39 is 6.10 Å². The summed E-state index contributed by atoms with van der Waals surface area (Å²) in [4.78, 5) is 41.3. The monoisotopic (exact) mass is 401 g/mol. The zero-order valence-electron chi connectivity index (χ0n) is 17.6. The van der Waals surface area contributed by atoms with Crippen LogP contribution in [0.3, 0.4) is 0 Å². The Bertz CT molecular complexity index is 769. The maximum absolute atomic E-state index is 12.8. The normalized spacial score (nSPS) is 19.0. The van der Waals surface area contributed by atoms with Crippen LogP contribution in [0.1, 0.15) is 52.9 Å². The topological polar surface area (TPSA) is 79.0 Å². The number of hydrogen-bond acceptors (Lipinski definition) is 4. The number of nitrogens with one attached hydrogen (secondary N) is 1. The number of likely N-dealkylation sites (tertiary alicyclic amines) is 1. The molecule has 0 aliphatic carbocycles. The molecule has 1 N–H and O–H groups in total. The molecule has 1 saturated heterocycles. The van der Waals surface area contributed by atoms with Crippen molar-refractivity contribution in [1.29, 1.82) is 0 Å². The van der Waals surface area contributed by atoms with Gasteiger partial charge in [0.1, 0.15) is 12.3 Å². The predicted molar refractivity (Wildman–Crippen MR) is 112 cm³/mol. The molecule has 7 heteroatoms. The van der Waals surface area contributed by atoms with Crippen LogP contribution in [0.15, 0.2) is 18.2 Å². The Kier molecular flexibility index (Phi) is 6.77. The van der Waals surface area contributed by atoms with Gasteiger partial charge in [-0.2, -0.15) is 0 Å². The molecule has 0 bridgehead atoms. The molecule has 3 rings (SSSR count). The lowest BCUT2D eigenvalue weighted by molar-refractivity contribution is -0.133. The van der Waals surface area contributed by atoms with Crippen molar-refractivity contribution in [2.45, 2.75) is 59.0 Å². The maximum Gasteiger partial charge on any atom is 0.268 e. The van der Waals surface area contributed by atoms with Crippen molar-refractivity contribution in [3.63, 3.8) is 0 Å². The van der Waals surface area contributed by atoms with Gasteiger partial charge >= 0.3 is 0 Å². The summed E-state index contributed by atoms with van der Waals surface area (Å²) in [7, 11) is 0. The number of nitrogens with zero attached hydrogens (tertiary/aromatic N) is 2. The number of piperidine rings is 1. The van der Waals surface area contributed by atoms with Crippen LogP contribution in [-0.4, -0.2) is 48.4 Å². The Morgan fingerprint density at radius 3 is 2.52 bits per heavy atom. The van der Waals surface area contributed by atoms with Crippen molar-refractivity contribution in [2.75, 3.05) is 29.9 Å². The Balaban J connectivity index is 1.82. The van der Waals surface area contributed by atoms with Crippen molar-refractivity contribution in [3.05, 3.63) is 18.2 Å². The SMILES string of the molecule is CCC(CC)C(=O)Nc1ccc2c(c1)N(CC(=O)N1CCCCC1)C(=O)C(C)O2. The Labute approximate surface area is 172 Å². The first-order valence-corrected chi connectivity index (χ1v) is 10.6. The molecule has 0 saturated carbocycles. The van der Waals surface area contributed by atoms with Crippen LogP contribution in [0.25, 0.3) is 0 Å². The standard InChI is InChI=1S/C22H31N3O4/c1-4-16(5-2)21(27)23-17-9-10-19-18(13-17)25(22(28)15(3)29-19)14-20(26)24-11-7-6-8-12-24/h9-10,13,15-16H,4-8,11-12,14H2,1-3H3,(H,23,27). The third-order valence-corrected chi connectivity index (χ3v) is 5.79. The smallest absolute Gasteiger partial charge is 0.268 e. The molecule has 1 aromatic carbocycles. The molecule has 3 amide bonds. The summed E-state index contributed by atoms with van der Waals surface area (Å²) >= 11 is 0. The van der Waals surface area contributed by atoms with Crippen LogP contribution in [0.2, 0.25) is 0 Å². The van der Waals surface area contributed by atoms with Crippen molar-refractivity contribution in [3.8, 4) is 5.75 Å². The van der Waals surface area contributed by atoms with Crippen molar-refractivity contribution >= 4 is 29.1 Å². The Morgan fingerprint density at radius 2 is 1.86 bits per heavy atom. The molecule has 1 atom stereocenters. The van der Waals surface area contributed by atoms with E-state index in [0.29, 0.717) is 17.1 Å². The number of rotatable bonds is 6. The number of fused-ring (bicyclic) bond motifs is 1. The second-order valence-electron chi connectivity index (χ2n) is 7.81. The minimum atomic E-state index is -0.651. The Morgan fingerprint density at radius 1 is 1.17 bits per heavy atom. The van der Waals surface area contributed by atoms with Crippen LogP contribution in [0.5, 0.6) is 5.75 Å². The highest BCUT2D eigenvalue weighted by molar-refractivity contribution is 6.04. The molecule has 29 heavy (non-hydrogen) atoms. The molecule has 0 radical (unpaired) electrons. The van der Waals surface area contributed by atoms with E-state index in [2.05, 4.69) is 5.32 Å². The predicted octanol–water partition coefficient (Wildman–Crippen LogP) is 3.19. The van der Waals surface area contributed by atoms with Gasteiger partial charge in [0, 0.05) is 24.7 Å². The summed E-state index contributed by atoms with van der Waals surface area (Å²) in [6, 6.07) is 5.24. The number of benzene rings is 1. The lowest BCUT2D eigenvalue weighted by Gasteiger charge is -2.35. The van der Waals surface area contributed by atoms with Gasteiger partial charge in [-0.25, -0.2) is 0 Å². The highest BCUT2D eigenvalue weighted by Gasteiger charge is 2.34. The van der Waals surface area contributed by atoms with Gasteiger partial charge in [-0.3, -0.25) is 19.3 Å².